The van der Waals surface area contributed by atoms with Gasteiger partial charge >= 0.3 is 0 Å². The molecule has 5 nitrogen and oxygen atoms in total. The number of nitrogens with zero attached hydrogens (tertiary/aromatic N) is 1. The van der Waals surface area contributed by atoms with Gasteiger partial charge in [0.05, 0.1) is 11.5 Å². The van der Waals surface area contributed by atoms with E-state index >= 15 is 0 Å². The summed E-state index contributed by atoms with van der Waals surface area (Å²) >= 11 is 0. The molecule has 1 fully saturated rings. The first-order valence-electron chi connectivity index (χ1n) is 6.94. The summed E-state index contributed by atoms with van der Waals surface area (Å²) in [5, 5.41) is 0. The van der Waals surface area contributed by atoms with E-state index in [2.05, 4.69) is 4.90 Å². The first-order chi connectivity index (χ1) is 9.59. The van der Waals surface area contributed by atoms with Crippen LogP contribution in [0.25, 0.3) is 0 Å². The van der Waals surface area contributed by atoms with Crippen LogP contribution in [0, 0.1) is 0 Å². The molecule has 0 atom stereocenters. The van der Waals surface area contributed by atoms with Gasteiger partial charge in [0.25, 0.3) is 0 Å². The van der Waals surface area contributed by atoms with Crippen LogP contribution < -0.4 is 10.5 Å². The second kappa shape index (κ2) is 7.06. The molecule has 6 heteroatoms. The first kappa shape index (κ1) is 15.3. The molecule has 1 aliphatic heterocycles. The fourth-order valence-corrected chi connectivity index (χ4v) is 3.54. The van der Waals surface area contributed by atoms with E-state index in [1.165, 1.54) is 0 Å². The molecule has 0 aromatic heterocycles. The van der Waals surface area contributed by atoms with Gasteiger partial charge in [-0.15, -0.1) is 0 Å². The van der Waals surface area contributed by atoms with Crippen molar-refractivity contribution in [1.29, 1.82) is 0 Å². The average Bonchev–Trinajstić information content (AvgIpc) is 2.61. The minimum Gasteiger partial charge on any atom is -0.492 e. The van der Waals surface area contributed by atoms with Gasteiger partial charge in [0.2, 0.25) is 0 Å². The Morgan fingerprint density at radius 1 is 1.15 bits per heavy atom. The number of sulfone groups is 1. The maximum atomic E-state index is 11.5. The molecule has 0 unspecified atom stereocenters. The third kappa shape index (κ3) is 4.77. The van der Waals surface area contributed by atoms with Crippen molar-refractivity contribution in [2.45, 2.75) is 13.0 Å². The van der Waals surface area contributed by atoms with E-state index < -0.39 is 9.84 Å². The lowest BCUT2D eigenvalue weighted by atomic mass is 10.2. The number of hydrogen-bond donors (Lipinski definition) is 1. The molecule has 0 aliphatic carbocycles. The maximum Gasteiger partial charge on any atom is 0.151 e. The zero-order chi connectivity index (χ0) is 14.4. The topological polar surface area (TPSA) is 72.6 Å². The lowest BCUT2D eigenvalue weighted by molar-refractivity contribution is 0.219. The Bertz CT molecular complexity index is 514. The quantitative estimate of drug-likeness (QED) is 0.864. The Labute approximate surface area is 120 Å². The van der Waals surface area contributed by atoms with E-state index in [-0.39, 0.29) is 5.75 Å². The third-order valence-corrected chi connectivity index (χ3v) is 5.20. The van der Waals surface area contributed by atoms with E-state index in [1.54, 1.807) is 0 Å². The Kier molecular flexibility index (Phi) is 5.39. The number of hydrogen-bond acceptors (Lipinski definition) is 5. The normalized spacial score (nSPS) is 19.4. The Balaban J connectivity index is 1.75. The zero-order valence-corrected chi connectivity index (χ0v) is 12.4. The fourth-order valence-electron chi connectivity index (χ4n) is 2.23. The predicted octanol–water partition coefficient (Wildman–Crippen LogP) is 0.645. The summed E-state index contributed by atoms with van der Waals surface area (Å²) in [5.74, 6) is 1.40. The standard InChI is InChI=1S/C14H22N2O3S/c15-12-13-2-4-14(5-3-13)19-9-7-16-6-1-10-20(17,18)11-8-16/h2-5H,1,6-12,15H2. The minimum absolute atomic E-state index is 0.262. The highest BCUT2D eigenvalue weighted by molar-refractivity contribution is 7.91. The molecular formula is C14H22N2O3S. The Morgan fingerprint density at radius 3 is 2.60 bits per heavy atom. The molecule has 112 valence electrons. The highest BCUT2D eigenvalue weighted by Gasteiger charge is 2.18. The van der Waals surface area contributed by atoms with Gasteiger partial charge < -0.3 is 10.5 Å². The second-order valence-corrected chi connectivity index (χ2v) is 7.35. The van der Waals surface area contributed by atoms with Crippen molar-refractivity contribution >= 4 is 9.84 Å². The van der Waals surface area contributed by atoms with Crippen molar-refractivity contribution in [2.24, 2.45) is 5.73 Å². The monoisotopic (exact) mass is 298 g/mol. The summed E-state index contributed by atoms with van der Waals surface area (Å²) in [6.45, 7) is 3.30. The molecular weight excluding hydrogens is 276 g/mol. The molecule has 0 bridgehead atoms. The van der Waals surface area contributed by atoms with Gasteiger partial charge in [-0.25, -0.2) is 8.42 Å². The molecule has 1 saturated heterocycles. The molecule has 0 radical (unpaired) electrons. The van der Waals surface area contributed by atoms with Crippen LogP contribution in [-0.2, 0) is 16.4 Å². The molecule has 0 saturated carbocycles. The largest absolute Gasteiger partial charge is 0.492 e. The highest BCUT2D eigenvalue weighted by Crippen LogP contribution is 2.12. The lowest BCUT2D eigenvalue weighted by Crippen LogP contribution is -2.31. The van der Waals surface area contributed by atoms with Crippen molar-refractivity contribution in [1.82, 2.24) is 4.90 Å². The van der Waals surface area contributed by atoms with Gasteiger partial charge in [-0.3, -0.25) is 4.90 Å². The molecule has 2 rings (SSSR count). The van der Waals surface area contributed by atoms with Crippen LogP contribution in [0.15, 0.2) is 24.3 Å². The van der Waals surface area contributed by atoms with Crippen molar-refractivity contribution < 1.29 is 13.2 Å². The molecule has 1 aliphatic rings. The van der Waals surface area contributed by atoms with Crippen LogP contribution in [-0.4, -0.2) is 51.1 Å². The van der Waals surface area contributed by atoms with Crippen LogP contribution in [0.5, 0.6) is 5.75 Å². The summed E-state index contributed by atoms with van der Waals surface area (Å²) in [6.07, 6.45) is 0.716. The number of ether oxygens (including phenoxy) is 1. The van der Waals surface area contributed by atoms with Gasteiger partial charge in [0.1, 0.15) is 12.4 Å². The molecule has 20 heavy (non-hydrogen) atoms. The van der Waals surface area contributed by atoms with Gasteiger partial charge in [0, 0.05) is 19.6 Å². The van der Waals surface area contributed by atoms with Gasteiger partial charge in [-0.1, -0.05) is 12.1 Å². The van der Waals surface area contributed by atoms with E-state index in [4.69, 9.17) is 10.5 Å². The second-order valence-electron chi connectivity index (χ2n) is 5.04. The summed E-state index contributed by atoms with van der Waals surface area (Å²) in [4.78, 5) is 2.15. The smallest absolute Gasteiger partial charge is 0.151 e. The molecule has 1 aromatic rings. The third-order valence-electron chi connectivity index (χ3n) is 3.48. The SMILES string of the molecule is NCc1ccc(OCCN2CCCS(=O)(=O)CC2)cc1. The molecule has 0 spiro atoms. The molecule has 1 heterocycles. The Morgan fingerprint density at radius 2 is 1.90 bits per heavy atom. The number of nitrogens with two attached hydrogens (primary N) is 1. The summed E-state index contributed by atoms with van der Waals surface area (Å²) in [6, 6.07) is 7.73. The average molecular weight is 298 g/mol. The van der Waals surface area contributed by atoms with E-state index in [9.17, 15) is 8.42 Å². The van der Waals surface area contributed by atoms with E-state index in [0.717, 1.165) is 24.4 Å². The lowest BCUT2D eigenvalue weighted by Gasteiger charge is -2.19. The number of benzene rings is 1. The summed E-state index contributed by atoms with van der Waals surface area (Å²) in [5.41, 5.74) is 6.62. The van der Waals surface area contributed by atoms with Crippen LogP contribution >= 0.6 is 0 Å². The Hall–Kier alpha value is -1.11. The minimum atomic E-state index is -2.83. The molecule has 1 aromatic carbocycles. The van der Waals surface area contributed by atoms with Crippen LogP contribution in [0.2, 0.25) is 0 Å². The maximum absolute atomic E-state index is 11.5. The molecule has 0 amide bonds. The van der Waals surface area contributed by atoms with Crippen molar-refractivity contribution in [2.75, 3.05) is 37.7 Å². The summed E-state index contributed by atoms with van der Waals surface area (Å²) in [7, 11) is -2.83. The van der Waals surface area contributed by atoms with Gasteiger partial charge in [-0.05, 0) is 30.7 Å². The van der Waals surface area contributed by atoms with Crippen molar-refractivity contribution in [3.8, 4) is 5.75 Å². The van der Waals surface area contributed by atoms with Gasteiger partial charge in [0.15, 0.2) is 9.84 Å². The van der Waals surface area contributed by atoms with Crippen LogP contribution in [0.3, 0.4) is 0 Å². The van der Waals surface area contributed by atoms with E-state index in [1.807, 2.05) is 24.3 Å². The highest BCUT2D eigenvalue weighted by atomic mass is 32.2. The van der Waals surface area contributed by atoms with Crippen LogP contribution in [0.1, 0.15) is 12.0 Å². The summed E-state index contributed by atoms with van der Waals surface area (Å²) < 4.78 is 28.7. The predicted molar refractivity (Wildman–Crippen MR) is 79.5 cm³/mol. The molecule has 2 N–H and O–H groups in total. The first-order valence-corrected chi connectivity index (χ1v) is 8.76. The van der Waals surface area contributed by atoms with E-state index in [0.29, 0.717) is 31.9 Å². The van der Waals surface area contributed by atoms with Crippen LogP contribution in [0.4, 0.5) is 0 Å². The van der Waals surface area contributed by atoms with Crippen molar-refractivity contribution in [3.05, 3.63) is 29.8 Å². The zero-order valence-electron chi connectivity index (χ0n) is 11.6. The van der Waals surface area contributed by atoms with Crippen molar-refractivity contribution in [3.63, 3.8) is 0 Å². The number of rotatable bonds is 5. The van der Waals surface area contributed by atoms with Gasteiger partial charge in [-0.2, -0.15) is 0 Å². The fraction of sp³-hybridized carbons (Fsp3) is 0.571.